The predicted molar refractivity (Wildman–Crippen MR) is 215 cm³/mol. The van der Waals surface area contributed by atoms with Gasteiger partial charge in [0.1, 0.15) is 11.2 Å². The number of hydrogen-bond donors (Lipinski definition) is 0. The minimum Gasteiger partial charge on any atom is -0.455 e. The minimum atomic E-state index is 0.908. The third-order valence-corrected chi connectivity index (χ3v) is 10.9. The number of benzene rings is 7. The molecular formula is C47H28N4O. The fraction of sp³-hybridized carbons (Fsp3) is 0. The first-order chi connectivity index (χ1) is 25.8. The molecule has 0 atom stereocenters. The molecule has 52 heavy (non-hydrogen) atoms. The van der Waals surface area contributed by atoms with E-state index < -0.39 is 0 Å². The quantitative estimate of drug-likeness (QED) is 0.189. The van der Waals surface area contributed by atoms with Gasteiger partial charge in [-0.3, -0.25) is 4.98 Å². The van der Waals surface area contributed by atoms with Crippen molar-refractivity contribution in [3.05, 3.63) is 170 Å². The second-order valence-electron chi connectivity index (χ2n) is 13.6. The molecule has 12 rings (SSSR count). The van der Waals surface area contributed by atoms with Gasteiger partial charge in [-0.15, -0.1) is 0 Å². The van der Waals surface area contributed by atoms with Crippen LogP contribution in [0, 0.1) is 0 Å². The van der Waals surface area contributed by atoms with Crippen LogP contribution in [0.15, 0.2) is 175 Å². The fourth-order valence-electron chi connectivity index (χ4n) is 8.73. The molecule has 0 aliphatic heterocycles. The van der Waals surface area contributed by atoms with Crippen molar-refractivity contribution in [2.24, 2.45) is 0 Å². The minimum absolute atomic E-state index is 0.908. The second-order valence-corrected chi connectivity index (χ2v) is 13.6. The topological polar surface area (TPSA) is 40.8 Å². The Hall–Kier alpha value is -7.11. The van der Waals surface area contributed by atoms with Crippen LogP contribution in [-0.2, 0) is 0 Å². The Morgan fingerprint density at radius 3 is 1.79 bits per heavy atom. The Balaban J connectivity index is 1.18. The molecule has 0 saturated heterocycles. The highest BCUT2D eigenvalue weighted by Gasteiger charge is 2.23. The van der Waals surface area contributed by atoms with Crippen molar-refractivity contribution in [1.82, 2.24) is 18.9 Å². The van der Waals surface area contributed by atoms with E-state index in [0.717, 1.165) is 66.2 Å². The average Bonchev–Trinajstić information content (AvgIpc) is 3.94. The summed E-state index contributed by atoms with van der Waals surface area (Å²) in [7, 11) is 0. The lowest BCUT2D eigenvalue weighted by atomic mass is 10.0. The lowest BCUT2D eigenvalue weighted by Crippen LogP contribution is -2.09. The van der Waals surface area contributed by atoms with Gasteiger partial charge in [-0.25, -0.2) is 9.35 Å². The standard InChI is InChI=1S/C47H28N4O/c1-5-16-40-32(10-1)36-24-25-37-33-11-2-7-18-42(33)51(50-41-17-6-3-12-34(41)39-28-48-27-26-43(39)50)46(37)45(36)49(40)30-22-20-29(21-23-30)31-14-9-15-38-35-13-4-8-19-44(35)52-47(31)38/h1-28H. The lowest BCUT2D eigenvalue weighted by Gasteiger charge is -2.15. The smallest absolute Gasteiger partial charge is 0.143 e. The summed E-state index contributed by atoms with van der Waals surface area (Å²) >= 11 is 0. The van der Waals surface area contributed by atoms with Gasteiger partial charge >= 0.3 is 0 Å². The zero-order chi connectivity index (χ0) is 33.9. The molecule has 0 amide bonds. The van der Waals surface area contributed by atoms with E-state index in [1.165, 1.54) is 38.0 Å². The number of aromatic nitrogens is 4. The molecule has 0 N–H and O–H groups in total. The number of nitrogens with zero attached hydrogens (tertiary/aromatic N) is 4. The summed E-state index contributed by atoms with van der Waals surface area (Å²) in [5.74, 6) is 0. The molecule has 0 fully saturated rings. The number of furan rings is 1. The number of pyridine rings is 1. The first-order valence-corrected chi connectivity index (χ1v) is 17.6. The first-order valence-electron chi connectivity index (χ1n) is 17.6. The molecule has 12 aromatic rings. The van der Waals surface area contributed by atoms with E-state index in [9.17, 15) is 0 Å². The third-order valence-electron chi connectivity index (χ3n) is 10.9. The SMILES string of the molecule is c1ccc2c(c1)oc1c(-c3ccc(-n4c5ccccc5c5ccc6c7ccccc7n(-n7c8ccccc8c8cnccc87)c6c54)cc3)cccc12. The van der Waals surface area contributed by atoms with Gasteiger partial charge in [-0.2, -0.15) is 0 Å². The summed E-state index contributed by atoms with van der Waals surface area (Å²) in [4.78, 5) is 4.54. The summed E-state index contributed by atoms with van der Waals surface area (Å²) in [5.41, 5.74) is 12.0. The van der Waals surface area contributed by atoms with Crippen molar-refractivity contribution in [2.45, 2.75) is 0 Å². The fourth-order valence-corrected chi connectivity index (χ4v) is 8.73. The molecule has 0 aliphatic carbocycles. The van der Waals surface area contributed by atoms with Crippen LogP contribution in [0.1, 0.15) is 0 Å². The predicted octanol–water partition coefficient (Wildman–Crippen LogP) is 12.3. The Morgan fingerprint density at radius 2 is 1.00 bits per heavy atom. The van der Waals surface area contributed by atoms with E-state index in [4.69, 9.17) is 4.42 Å². The van der Waals surface area contributed by atoms with E-state index in [1.54, 1.807) is 0 Å². The molecule has 7 aromatic carbocycles. The summed E-state index contributed by atoms with van der Waals surface area (Å²) in [5, 5.41) is 9.44. The van der Waals surface area contributed by atoms with Gasteiger partial charge in [0, 0.05) is 66.7 Å². The van der Waals surface area contributed by atoms with Crippen molar-refractivity contribution in [1.29, 1.82) is 0 Å². The van der Waals surface area contributed by atoms with Crippen LogP contribution in [0.5, 0.6) is 0 Å². The zero-order valence-electron chi connectivity index (χ0n) is 27.9. The maximum absolute atomic E-state index is 6.43. The van der Waals surface area contributed by atoms with E-state index in [0.29, 0.717) is 0 Å². The summed E-state index contributed by atoms with van der Waals surface area (Å²) in [6.07, 6.45) is 3.88. The van der Waals surface area contributed by atoms with Crippen molar-refractivity contribution in [2.75, 3.05) is 0 Å². The number of rotatable bonds is 3. The first kappa shape index (κ1) is 27.7. The monoisotopic (exact) mass is 664 g/mol. The Labute approximate surface area is 296 Å². The normalized spacial score (nSPS) is 12.2. The van der Waals surface area contributed by atoms with Gasteiger partial charge in [0.05, 0.1) is 33.1 Å². The average molecular weight is 665 g/mol. The van der Waals surface area contributed by atoms with Gasteiger partial charge in [0.25, 0.3) is 0 Å². The van der Waals surface area contributed by atoms with Gasteiger partial charge in [-0.1, -0.05) is 115 Å². The highest BCUT2D eigenvalue weighted by atomic mass is 16.3. The van der Waals surface area contributed by atoms with E-state index in [-0.39, 0.29) is 0 Å². The molecule has 0 spiro atoms. The molecule has 0 saturated carbocycles. The largest absolute Gasteiger partial charge is 0.455 e. The van der Waals surface area contributed by atoms with Crippen molar-refractivity contribution in [3.8, 4) is 16.8 Å². The molecule has 0 bridgehead atoms. The number of fused-ring (bicyclic) bond motifs is 13. The lowest BCUT2D eigenvalue weighted by molar-refractivity contribution is 0.670. The van der Waals surface area contributed by atoms with Crippen molar-refractivity contribution in [3.63, 3.8) is 0 Å². The maximum Gasteiger partial charge on any atom is 0.143 e. The van der Waals surface area contributed by atoms with Crippen molar-refractivity contribution >= 4 is 87.4 Å². The molecule has 0 aliphatic rings. The Kier molecular flexibility index (Phi) is 5.44. The van der Waals surface area contributed by atoms with Crippen LogP contribution in [0.25, 0.3) is 104 Å². The van der Waals surface area contributed by atoms with Gasteiger partial charge in [0.2, 0.25) is 0 Å². The molecule has 5 heterocycles. The summed E-state index contributed by atoms with van der Waals surface area (Å²) < 4.78 is 13.7. The van der Waals surface area contributed by atoms with Crippen molar-refractivity contribution < 1.29 is 4.42 Å². The van der Waals surface area contributed by atoms with Gasteiger partial charge < -0.3 is 8.98 Å². The molecule has 5 aromatic heterocycles. The van der Waals surface area contributed by atoms with E-state index >= 15 is 0 Å². The van der Waals surface area contributed by atoms with Crippen LogP contribution in [0.3, 0.4) is 0 Å². The van der Waals surface area contributed by atoms with Crippen LogP contribution < -0.4 is 0 Å². The second kappa shape index (κ2) is 10.2. The Bertz CT molecular complexity index is 3360. The number of hydrogen-bond acceptors (Lipinski definition) is 2. The Morgan fingerprint density at radius 1 is 0.404 bits per heavy atom. The van der Waals surface area contributed by atoms with Crippen LogP contribution in [-0.4, -0.2) is 18.9 Å². The molecule has 0 unspecified atom stereocenters. The van der Waals surface area contributed by atoms with Crippen LogP contribution in [0.4, 0.5) is 0 Å². The van der Waals surface area contributed by atoms with Gasteiger partial charge in [-0.05, 0) is 48.0 Å². The highest BCUT2D eigenvalue weighted by molar-refractivity contribution is 6.23. The molecule has 5 nitrogen and oxygen atoms in total. The van der Waals surface area contributed by atoms with E-state index in [2.05, 4.69) is 164 Å². The van der Waals surface area contributed by atoms with Crippen LogP contribution in [0.2, 0.25) is 0 Å². The van der Waals surface area contributed by atoms with E-state index in [1.807, 2.05) is 24.5 Å². The molecule has 0 radical (unpaired) electrons. The zero-order valence-corrected chi connectivity index (χ0v) is 27.9. The molecule has 5 heteroatoms. The third kappa shape index (κ3) is 3.59. The van der Waals surface area contributed by atoms with Crippen LogP contribution >= 0.6 is 0 Å². The maximum atomic E-state index is 6.43. The number of para-hydroxylation sites is 5. The molecule has 242 valence electrons. The summed E-state index contributed by atoms with van der Waals surface area (Å²) in [6.45, 7) is 0. The van der Waals surface area contributed by atoms with Gasteiger partial charge in [0.15, 0.2) is 0 Å². The summed E-state index contributed by atoms with van der Waals surface area (Å²) in [6, 6.07) is 56.6. The highest BCUT2D eigenvalue weighted by Crippen LogP contribution is 2.43. The molecular weight excluding hydrogens is 637 g/mol.